The molecule has 0 aliphatic heterocycles. The van der Waals surface area contributed by atoms with Gasteiger partial charge in [0.2, 0.25) is 0 Å². The summed E-state index contributed by atoms with van der Waals surface area (Å²) in [4.78, 5) is 22.1. The van der Waals surface area contributed by atoms with Gasteiger partial charge in [0, 0.05) is 5.92 Å². The predicted octanol–water partition coefficient (Wildman–Crippen LogP) is 3.01. The molecule has 108 valence electrons. The summed E-state index contributed by atoms with van der Waals surface area (Å²) < 4.78 is 9.61. The van der Waals surface area contributed by atoms with Crippen molar-refractivity contribution < 1.29 is 24.2 Å². The third-order valence-corrected chi connectivity index (χ3v) is 2.76. The number of carbonyl (C=O) groups excluding carboxylic acids is 1. The van der Waals surface area contributed by atoms with Crippen LogP contribution in [-0.4, -0.2) is 23.8 Å². The van der Waals surface area contributed by atoms with Gasteiger partial charge < -0.3 is 14.6 Å². The van der Waals surface area contributed by atoms with Gasteiger partial charge in [-0.1, -0.05) is 42.5 Å². The highest BCUT2D eigenvalue weighted by Crippen LogP contribution is 2.15. The smallest absolute Gasteiger partial charge is 0.461 e. The van der Waals surface area contributed by atoms with Gasteiger partial charge in [-0.15, -0.1) is 0 Å². The second-order valence-electron chi connectivity index (χ2n) is 4.47. The van der Waals surface area contributed by atoms with E-state index < -0.39 is 12.1 Å². The van der Waals surface area contributed by atoms with Crippen molar-refractivity contribution in [2.45, 2.75) is 20.0 Å². The Labute approximate surface area is 117 Å². The summed E-state index contributed by atoms with van der Waals surface area (Å²) in [6.45, 7) is 5.55. The van der Waals surface area contributed by atoms with Gasteiger partial charge in [-0.05, 0) is 12.5 Å². The standard InChI is InChI=1S/C15H18O5/c1-11(2)13(10-20-15(17)18)8-14(16)19-9-12-6-4-3-5-7-12/h3-7,13H,1,8-10H2,2H3,(H,17,18). The number of rotatable bonds is 7. The highest BCUT2D eigenvalue weighted by molar-refractivity contribution is 5.70. The molecule has 0 fully saturated rings. The molecule has 1 aromatic rings. The lowest BCUT2D eigenvalue weighted by Gasteiger charge is -2.15. The fraction of sp³-hybridized carbons (Fsp3) is 0.333. The molecule has 0 bridgehead atoms. The minimum absolute atomic E-state index is 0.0510. The van der Waals surface area contributed by atoms with Crippen LogP contribution in [0.3, 0.4) is 0 Å². The SMILES string of the molecule is C=C(C)C(COC(=O)O)CC(=O)OCc1ccccc1. The average molecular weight is 278 g/mol. The first-order chi connectivity index (χ1) is 9.49. The van der Waals surface area contributed by atoms with Crippen LogP contribution in [0.15, 0.2) is 42.5 Å². The summed E-state index contributed by atoms with van der Waals surface area (Å²) in [5.74, 6) is -0.773. The Hall–Kier alpha value is -2.30. The monoisotopic (exact) mass is 278 g/mol. The predicted molar refractivity (Wildman–Crippen MR) is 73.1 cm³/mol. The summed E-state index contributed by atoms with van der Waals surface area (Å²) in [6.07, 6.45) is -1.32. The zero-order valence-corrected chi connectivity index (χ0v) is 11.4. The number of ether oxygens (including phenoxy) is 2. The van der Waals surface area contributed by atoms with Crippen LogP contribution < -0.4 is 0 Å². The first-order valence-electron chi connectivity index (χ1n) is 6.19. The molecule has 0 aliphatic carbocycles. The Kier molecular flexibility index (Phi) is 6.29. The summed E-state index contributed by atoms with van der Waals surface area (Å²) in [5.41, 5.74) is 1.58. The highest BCUT2D eigenvalue weighted by Gasteiger charge is 2.17. The minimum atomic E-state index is -1.37. The van der Waals surface area contributed by atoms with Gasteiger partial charge in [0.25, 0.3) is 0 Å². The van der Waals surface area contributed by atoms with E-state index in [0.717, 1.165) is 5.56 Å². The van der Waals surface area contributed by atoms with Gasteiger partial charge >= 0.3 is 12.1 Å². The summed E-state index contributed by atoms with van der Waals surface area (Å²) in [7, 11) is 0. The summed E-state index contributed by atoms with van der Waals surface area (Å²) in [6, 6.07) is 9.32. The van der Waals surface area contributed by atoms with E-state index in [-0.39, 0.29) is 25.6 Å². The molecule has 0 saturated carbocycles. The zero-order valence-electron chi connectivity index (χ0n) is 11.4. The summed E-state index contributed by atoms with van der Waals surface area (Å²) in [5, 5.41) is 8.46. The van der Waals surface area contributed by atoms with Crippen molar-refractivity contribution in [2.75, 3.05) is 6.61 Å². The lowest BCUT2D eigenvalue weighted by molar-refractivity contribution is -0.146. The molecule has 1 aromatic carbocycles. The number of benzene rings is 1. The molecule has 5 heteroatoms. The van der Waals surface area contributed by atoms with Crippen LogP contribution in [0.4, 0.5) is 4.79 Å². The molecule has 0 radical (unpaired) electrons. The molecular formula is C15H18O5. The number of carboxylic acid groups (broad SMARTS) is 1. The number of carbonyl (C=O) groups is 2. The van der Waals surface area contributed by atoms with E-state index in [1.165, 1.54) is 0 Å². The fourth-order valence-corrected chi connectivity index (χ4v) is 1.55. The Morgan fingerprint density at radius 2 is 1.90 bits per heavy atom. The van der Waals surface area contributed by atoms with E-state index in [4.69, 9.17) is 9.84 Å². The molecule has 20 heavy (non-hydrogen) atoms. The highest BCUT2D eigenvalue weighted by atomic mass is 16.7. The largest absolute Gasteiger partial charge is 0.505 e. The van der Waals surface area contributed by atoms with Crippen LogP contribution >= 0.6 is 0 Å². The quantitative estimate of drug-likeness (QED) is 0.613. The molecular weight excluding hydrogens is 260 g/mol. The molecule has 1 rings (SSSR count). The molecule has 5 nitrogen and oxygen atoms in total. The molecule has 0 heterocycles. The molecule has 0 saturated heterocycles. The van der Waals surface area contributed by atoms with Crippen LogP contribution in [0.25, 0.3) is 0 Å². The maximum absolute atomic E-state index is 11.7. The number of hydrogen-bond donors (Lipinski definition) is 1. The second-order valence-corrected chi connectivity index (χ2v) is 4.47. The van der Waals surface area contributed by atoms with E-state index in [9.17, 15) is 9.59 Å². The van der Waals surface area contributed by atoms with Gasteiger partial charge in [0.1, 0.15) is 13.2 Å². The van der Waals surface area contributed by atoms with Gasteiger partial charge in [-0.25, -0.2) is 4.79 Å². The third-order valence-electron chi connectivity index (χ3n) is 2.76. The topological polar surface area (TPSA) is 72.8 Å². The van der Waals surface area contributed by atoms with Crippen LogP contribution in [0.2, 0.25) is 0 Å². The van der Waals surface area contributed by atoms with Crippen molar-refractivity contribution in [3.63, 3.8) is 0 Å². The maximum atomic E-state index is 11.7. The molecule has 1 N–H and O–H groups in total. The molecule has 0 amide bonds. The lowest BCUT2D eigenvalue weighted by Crippen LogP contribution is -2.18. The van der Waals surface area contributed by atoms with Crippen LogP contribution in [0.5, 0.6) is 0 Å². The first-order valence-corrected chi connectivity index (χ1v) is 6.19. The molecule has 0 aliphatic rings. The average Bonchev–Trinajstić information content (AvgIpc) is 2.41. The van der Waals surface area contributed by atoms with E-state index in [2.05, 4.69) is 11.3 Å². The first kappa shape index (κ1) is 15.8. The molecule has 1 atom stereocenters. The molecule has 0 aromatic heterocycles. The van der Waals surface area contributed by atoms with Crippen LogP contribution in [-0.2, 0) is 20.9 Å². The molecule has 1 unspecified atom stereocenters. The van der Waals surface area contributed by atoms with Crippen molar-refractivity contribution in [3.8, 4) is 0 Å². The van der Waals surface area contributed by atoms with Gasteiger partial charge in [0.15, 0.2) is 0 Å². The normalized spacial score (nSPS) is 11.4. The van der Waals surface area contributed by atoms with E-state index in [0.29, 0.717) is 5.57 Å². The van der Waals surface area contributed by atoms with Crippen molar-refractivity contribution in [3.05, 3.63) is 48.0 Å². The Balaban J connectivity index is 2.41. The van der Waals surface area contributed by atoms with Crippen molar-refractivity contribution in [1.29, 1.82) is 0 Å². The van der Waals surface area contributed by atoms with Gasteiger partial charge in [-0.2, -0.15) is 0 Å². The van der Waals surface area contributed by atoms with Crippen molar-refractivity contribution >= 4 is 12.1 Å². The summed E-state index contributed by atoms with van der Waals surface area (Å²) >= 11 is 0. The zero-order chi connectivity index (χ0) is 15.0. The van der Waals surface area contributed by atoms with Crippen molar-refractivity contribution in [2.24, 2.45) is 5.92 Å². The fourth-order valence-electron chi connectivity index (χ4n) is 1.55. The maximum Gasteiger partial charge on any atom is 0.505 e. The van der Waals surface area contributed by atoms with E-state index in [1.807, 2.05) is 30.3 Å². The van der Waals surface area contributed by atoms with Crippen LogP contribution in [0, 0.1) is 5.92 Å². The molecule has 0 spiro atoms. The van der Waals surface area contributed by atoms with Crippen LogP contribution in [0.1, 0.15) is 18.9 Å². The van der Waals surface area contributed by atoms with Gasteiger partial charge in [0.05, 0.1) is 6.42 Å². The second kappa shape index (κ2) is 7.99. The Bertz CT molecular complexity index is 466. The van der Waals surface area contributed by atoms with E-state index in [1.54, 1.807) is 6.92 Å². The number of hydrogen-bond acceptors (Lipinski definition) is 4. The third kappa shape index (κ3) is 6.04. The Morgan fingerprint density at radius 3 is 2.45 bits per heavy atom. The minimum Gasteiger partial charge on any atom is -0.461 e. The lowest BCUT2D eigenvalue weighted by atomic mass is 9.99. The number of esters is 1. The van der Waals surface area contributed by atoms with E-state index >= 15 is 0 Å². The Morgan fingerprint density at radius 1 is 1.25 bits per heavy atom. The van der Waals surface area contributed by atoms with Gasteiger partial charge in [-0.3, -0.25) is 4.79 Å². The van der Waals surface area contributed by atoms with Crippen molar-refractivity contribution in [1.82, 2.24) is 0 Å².